The van der Waals surface area contributed by atoms with Crippen LogP contribution in [0.15, 0.2) is 60.7 Å². The zero-order valence-corrected chi connectivity index (χ0v) is 15.1. The van der Waals surface area contributed by atoms with Gasteiger partial charge < -0.3 is 10.1 Å². The molecule has 0 saturated carbocycles. The van der Waals surface area contributed by atoms with Gasteiger partial charge in [0.2, 0.25) is 0 Å². The Bertz CT molecular complexity index is 973. The van der Waals surface area contributed by atoms with Crippen molar-refractivity contribution in [2.75, 3.05) is 5.32 Å². The lowest BCUT2D eigenvalue weighted by atomic mass is 10.1. The van der Waals surface area contributed by atoms with Crippen molar-refractivity contribution >= 4 is 28.3 Å². The lowest BCUT2D eigenvalue weighted by Gasteiger charge is -2.15. The highest BCUT2D eigenvalue weighted by Gasteiger charge is 2.20. The van der Waals surface area contributed by atoms with Crippen molar-refractivity contribution in [2.45, 2.75) is 26.9 Å². The number of hydrogen-bond donors (Lipinski definition) is 1. The summed E-state index contributed by atoms with van der Waals surface area (Å²) in [7, 11) is 0. The topological polar surface area (TPSA) is 55.4 Å². The van der Waals surface area contributed by atoms with Gasteiger partial charge in [-0.2, -0.15) is 0 Å². The molecule has 0 saturated heterocycles. The smallest absolute Gasteiger partial charge is 0.339 e. The number of fused-ring (bicyclic) bond motifs is 1. The van der Waals surface area contributed by atoms with Crippen LogP contribution in [0.3, 0.4) is 0 Å². The van der Waals surface area contributed by atoms with E-state index < -0.39 is 12.1 Å². The largest absolute Gasteiger partial charge is 0.449 e. The maximum atomic E-state index is 12.5. The molecule has 0 aliphatic rings. The molecule has 1 amide bonds. The van der Waals surface area contributed by atoms with Gasteiger partial charge in [0.25, 0.3) is 5.91 Å². The summed E-state index contributed by atoms with van der Waals surface area (Å²) in [5.41, 5.74) is 3.07. The molecule has 0 bridgehead atoms. The van der Waals surface area contributed by atoms with Gasteiger partial charge in [0.15, 0.2) is 6.10 Å². The highest BCUT2D eigenvalue weighted by Crippen LogP contribution is 2.23. The highest BCUT2D eigenvalue weighted by atomic mass is 16.5. The number of nitrogens with one attached hydrogen (secondary N) is 1. The van der Waals surface area contributed by atoms with Crippen LogP contribution in [0.25, 0.3) is 10.8 Å². The number of amides is 1. The van der Waals surface area contributed by atoms with Gasteiger partial charge in [-0.3, -0.25) is 4.79 Å². The number of anilines is 1. The molecule has 0 radical (unpaired) electrons. The van der Waals surface area contributed by atoms with Crippen LogP contribution in [0.4, 0.5) is 5.69 Å². The van der Waals surface area contributed by atoms with Gasteiger partial charge in [0.1, 0.15) is 0 Å². The SMILES string of the molecule is Cc1ccc(C(=O)O[C@@H](C)C(=O)Nc2cccc3ccccc23)c(C)c1. The Labute approximate surface area is 152 Å². The average molecular weight is 347 g/mol. The lowest BCUT2D eigenvalue weighted by Crippen LogP contribution is -2.30. The molecule has 0 unspecified atom stereocenters. The summed E-state index contributed by atoms with van der Waals surface area (Å²) in [4.78, 5) is 24.8. The first-order chi connectivity index (χ1) is 12.5. The number of hydrogen-bond acceptors (Lipinski definition) is 3. The van der Waals surface area contributed by atoms with Crippen LogP contribution in [-0.4, -0.2) is 18.0 Å². The molecule has 4 nitrogen and oxygen atoms in total. The first-order valence-electron chi connectivity index (χ1n) is 8.52. The number of esters is 1. The van der Waals surface area contributed by atoms with E-state index in [4.69, 9.17) is 4.74 Å². The van der Waals surface area contributed by atoms with Crippen molar-refractivity contribution in [1.82, 2.24) is 0 Å². The number of aryl methyl sites for hydroxylation is 2. The fraction of sp³-hybridized carbons (Fsp3) is 0.182. The molecule has 1 N–H and O–H groups in total. The second-order valence-electron chi connectivity index (χ2n) is 6.38. The Morgan fingerprint density at radius 2 is 1.69 bits per heavy atom. The van der Waals surface area contributed by atoms with E-state index in [0.29, 0.717) is 11.3 Å². The molecule has 0 aromatic heterocycles. The van der Waals surface area contributed by atoms with Crippen molar-refractivity contribution in [3.8, 4) is 0 Å². The number of carbonyl (C=O) groups is 2. The number of rotatable bonds is 4. The molecule has 3 rings (SSSR count). The van der Waals surface area contributed by atoms with Gasteiger partial charge >= 0.3 is 5.97 Å². The molecule has 0 aliphatic heterocycles. The summed E-state index contributed by atoms with van der Waals surface area (Å²) in [6.07, 6.45) is -0.901. The zero-order chi connectivity index (χ0) is 18.7. The van der Waals surface area contributed by atoms with E-state index in [1.807, 2.05) is 68.4 Å². The number of benzene rings is 3. The lowest BCUT2D eigenvalue weighted by molar-refractivity contribution is -0.123. The molecule has 132 valence electrons. The van der Waals surface area contributed by atoms with Crippen LogP contribution in [-0.2, 0) is 9.53 Å². The van der Waals surface area contributed by atoms with Gasteiger partial charge in [0, 0.05) is 11.1 Å². The van der Waals surface area contributed by atoms with Crippen molar-refractivity contribution in [1.29, 1.82) is 0 Å². The molecular formula is C22H21NO3. The molecule has 3 aromatic rings. The van der Waals surface area contributed by atoms with E-state index in [-0.39, 0.29) is 5.91 Å². The van der Waals surface area contributed by atoms with Crippen molar-refractivity contribution in [2.24, 2.45) is 0 Å². The minimum absolute atomic E-state index is 0.362. The van der Waals surface area contributed by atoms with Gasteiger partial charge in [-0.25, -0.2) is 4.79 Å². The second kappa shape index (κ2) is 7.40. The first-order valence-corrected chi connectivity index (χ1v) is 8.52. The van der Waals surface area contributed by atoms with E-state index in [9.17, 15) is 9.59 Å². The van der Waals surface area contributed by atoms with Crippen LogP contribution >= 0.6 is 0 Å². The quantitative estimate of drug-likeness (QED) is 0.700. The Balaban J connectivity index is 1.72. The maximum Gasteiger partial charge on any atom is 0.339 e. The van der Waals surface area contributed by atoms with Crippen molar-refractivity contribution in [3.05, 3.63) is 77.4 Å². The van der Waals surface area contributed by atoms with E-state index in [1.54, 1.807) is 13.0 Å². The molecule has 0 spiro atoms. The number of carbonyl (C=O) groups excluding carboxylic acids is 2. The van der Waals surface area contributed by atoms with Gasteiger partial charge in [0.05, 0.1) is 5.56 Å². The van der Waals surface area contributed by atoms with E-state index >= 15 is 0 Å². The van der Waals surface area contributed by atoms with E-state index in [2.05, 4.69) is 5.32 Å². The van der Waals surface area contributed by atoms with Crippen LogP contribution in [0.2, 0.25) is 0 Å². The van der Waals surface area contributed by atoms with E-state index in [0.717, 1.165) is 21.9 Å². The Morgan fingerprint density at radius 3 is 2.46 bits per heavy atom. The third kappa shape index (κ3) is 3.75. The summed E-state index contributed by atoms with van der Waals surface area (Å²) in [6.45, 7) is 5.38. The molecule has 4 heteroatoms. The molecule has 1 atom stereocenters. The molecular weight excluding hydrogens is 326 g/mol. The first kappa shape index (κ1) is 17.7. The number of ether oxygens (including phenoxy) is 1. The van der Waals surface area contributed by atoms with Gasteiger partial charge in [-0.05, 0) is 43.9 Å². The maximum absolute atomic E-state index is 12.5. The second-order valence-corrected chi connectivity index (χ2v) is 6.38. The monoisotopic (exact) mass is 347 g/mol. The molecule has 3 aromatic carbocycles. The van der Waals surface area contributed by atoms with Gasteiger partial charge in [-0.1, -0.05) is 54.1 Å². The van der Waals surface area contributed by atoms with Crippen molar-refractivity contribution in [3.63, 3.8) is 0 Å². The van der Waals surface area contributed by atoms with Crippen LogP contribution in [0.5, 0.6) is 0 Å². The van der Waals surface area contributed by atoms with Crippen molar-refractivity contribution < 1.29 is 14.3 Å². The third-order valence-corrected chi connectivity index (χ3v) is 4.30. The average Bonchev–Trinajstić information content (AvgIpc) is 2.61. The third-order valence-electron chi connectivity index (χ3n) is 4.30. The highest BCUT2D eigenvalue weighted by molar-refractivity contribution is 6.04. The molecule has 0 fully saturated rings. The Kier molecular flexibility index (Phi) is 5.03. The molecule has 26 heavy (non-hydrogen) atoms. The molecule has 0 aliphatic carbocycles. The fourth-order valence-corrected chi connectivity index (χ4v) is 2.89. The standard InChI is InChI=1S/C22H21NO3/c1-14-11-12-18(15(2)13-14)22(25)26-16(3)21(24)23-20-10-6-8-17-7-4-5-9-19(17)20/h4-13,16H,1-3H3,(H,23,24)/t16-/m0/s1. The summed E-state index contributed by atoms with van der Waals surface area (Å²) >= 11 is 0. The minimum Gasteiger partial charge on any atom is -0.449 e. The van der Waals surface area contributed by atoms with Crippen LogP contribution < -0.4 is 5.32 Å². The van der Waals surface area contributed by atoms with E-state index in [1.165, 1.54) is 0 Å². The summed E-state index contributed by atoms with van der Waals surface area (Å²) in [6, 6.07) is 19.0. The minimum atomic E-state index is -0.901. The van der Waals surface area contributed by atoms with Crippen LogP contribution in [0.1, 0.15) is 28.4 Å². The predicted molar refractivity (Wildman–Crippen MR) is 103 cm³/mol. The molecule has 0 heterocycles. The van der Waals surface area contributed by atoms with Gasteiger partial charge in [-0.15, -0.1) is 0 Å². The van der Waals surface area contributed by atoms with Crippen LogP contribution in [0, 0.1) is 13.8 Å². The normalized spacial score (nSPS) is 11.8. The zero-order valence-electron chi connectivity index (χ0n) is 15.1. The Morgan fingerprint density at radius 1 is 0.962 bits per heavy atom. The fourth-order valence-electron chi connectivity index (χ4n) is 2.89. The summed E-state index contributed by atoms with van der Waals surface area (Å²) < 4.78 is 5.35. The summed E-state index contributed by atoms with van der Waals surface area (Å²) in [5, 5.41) is 4.82. The predicted octanol–water partition coefficient (Wildman–Crippen LogP) is 4.64. The summed E-state index contributed by atoms with van der Waals surface area (Å²) in [5.74, 6) is -0.859. The Hall–Kier alpha value is -3.14.